The molecule has 1 atom stereocenters. The predicted molar refractivity (Wildman–Crippen MR) is 79.9 cm³/mol. The van der Waals surface area contributed by atoms with Crippen LogP contribution in [0.4, 0.5) is 23.4 Å². The van der Waals surface area contributed by atoms with Crippen LogP contribution in [0.2, 0.25) is 0 Å². The Morgan fingerprint density at radius 1 is 1.21 bits per heavy atom. The van der Waals surface area contributed by atoms with Gasteiger partial charge in [-0.2, -0.15) is 13.2 Å². The normalized spacial score (nSPS) is 18.7. The van der Waals surface area contributed by atoms with E-state index in [1.54, 1.807) is 6.07 Å². The molecule has 1 aliphatic rings. The number of anilines is 1. The summed E-state index contributed by atoms with van der Waals surface area (Å²) in [4.78, 5) is 10.1. The first-order valence-electron chi connectivity index (χ1n) is 7.48. The van der Waals surface area contributed by atoms with Crippen LogP contribution in [0.25, 0.3) is 11.4 Å². The molecule has 0 radical (unpaired) electrons. The number of β-amino-alcohol motifs (C(OH)–C–C–N with tert-alkyl or cyclic N) is 1. The molecule has 24 heavy (non-hydrogen) atoms. The maximum absolute atomic E-state index is 13.4. The van der Waals surface area contributed by atoms with Gasteiger partial charge < -0.3 is 10.0 Å². The summed E-state index contributed by atoms with van der Waals surface area (Å²) in [7, 11) is 0. The average molecular weight is 341 g/mol. The molecule has 8 heteroatoms. The zero-order valence-electron chi connectivity index (χ0n) is 12.6. The highest BCUT2D eigenvalue weighted by atomic mass is 19.4. The van der Waals surface area contributed by atoms with Gasteiger partial charge in [0.25, 0.3) is 0 Å². The Bertz CT molecular complexity index is 736. The number of rotatable bonds is 2. The summed E-state index contributed by atoms with van der Waals surface area (Å²) in [6.07, 6.45) is -2.29. The molecule has 1 aliphatic heterocycles. The zero-order valence-corrected chi connectivity index (χ0v) is 12.6. The van der Waals surface area contributed by atoms with E-state index in [9.17, 15) is 22.7 Å². The van der Waals surface area contributed by atoms with Crippen LogP contribution in [0, 0.1) is 5.82 Å². The molecule has 0 bridgehead atoms. The molecule has 0 spiro atoms. The van der Waals surface area contributed by atoms with Gasteiger partial charge in [0.05, 0.1) is 11.7 Å². The molecule has 1 aromatic carbocycles. The molecule has 1 saturated heterocycles. The highest BCUT2D eigenvalue weighted by Crippen LogP contribution is 2.33. The van der Waals surface area contributed by atoms with Crippen LogP contribution in [0.5, 0.6) is 0 Å². The highest BCUT2D eigenvalue weighted by Gasteiger charge is 2.34. The van der Waals surface area contributed by atoms with Crippen molar-refractivity contribution in [3.05, 3.63) is 41.8 Å². The molecule has 1 N–H and O–H groups in total. The van der Waals surface area contributed by atoms with E-state index in [2.05, 4.69) is 9.97 Å². The SMILES string of the molecule is OC1CCCN(c2ccnc(-c3ccc(F)c(C(F)(F)F)c3)n2)C1. The Balaban J connectivity index is 1.94. The molecule has 1 fully saturated rings. The topological polar surface area (TPSA) is 49.2 Å². The van der Waals surface area contributed by atoms with Crippen molar-refractivity contribution < 1.29 is 22.7 Å². The minimum atomic E-state index is -4.78. The monoisotopic (exact) mass is 341 g/mol. The van der Waals surface area contributed by atoms with Crippen molar-refractivity contribution in [1.82, 2.24) is 9.97 Å². The van der Waals surface area contributed by atoms with E-state index in [1.807, 2.05) is 4.90 Å². The van der Waals surface area contributed by atoms with Gasteiger partial charge in [-0.3, -0.25) is 0 Å². The van der Waals surface area contributed by atoms with Crippen LogP contribution in [-0.2, 0) is 6.18 Å². The lowest BCUT2D eigenvalue weighted by molar-refractivity contribution is -0.139. The average Bonchev–Trinajstić information content (AvgIpc) is 2.54. The number of alkyl halides is 3. The number of benzene rings is 1. The minimum Gasteiger partial charge on any atom is -0.391 e. The van der Waals surface area contributed by atoms with E-state index in [4.69, 9.17) is 0 Å². The molecule has 0 aliphatic carbocycles. The number of aromatic nitrogens is 2. The van der Waals surface area contributed by atoms with Crippen molar-refractivity contribution in [1.29, 1.82) is 0 Å². The van der Waals surface area contributed by atoms with E-state index in [0.717, 1.165) is 12.5 Å². The standard InChI is InChI=1S/C16H15F4N3O/c17-13-4-3-10(8-12(13)16(18,19)20)15-21-6-5-14(22-15)23-7-1-2-11(24)9-23/h3-6,8,11,24H,1-2,7,9H2. The van der Waals surface area contributed by atoms with Crippen LogP contribution in [-0.4, -0.2) is 34.3 Å². The van der Waals surface area contributed by atoms with Crippen LogP contribution in [0.3, 0.4) is 0 Å². The van der Waals surface area contributed by atoms with Gasteiger partial charge in [0.1, 0.15) is 11.6 Å². The minimum absolute atomic E-state index is 0.0815. The van der Waals surface area contributed by atoms with E-state index in [-0.39, 0.29) is 11.4 Å². The Hall–Kier alpha value is -2.22. The fourth-order valence-electron chi connectivity index (χ4n) is 2.71. The molecule has 0 amide bonds. The number of aliphatic hydroxyl groups excluding tert-OH is 1. The Morgan fingerprint density at radius 3 is 2.71 bits per heavy atom. The van der Waals surface area contributed by atoms with Gasteiger partial charge in [0, 0.05) is 24.8 Å². The lowest BCUT2D eigenvalue weighted by Gasteiger charge is -2.31. The molecule has 3 rings (SSSR count). The molecule has 4 nitrogen and oxygen atoms in total. The van der Waals surface area contributed by atoms with Crippen molar-refractivity contribution in [2.45, 2.75) is 25.1 Å². The van der Waals surface area contributed by atoms with Crippen molar-refractivity contribution in [2.75, 3.05) is 18.0 Å². The van der Waals surface area contributed by atoms with Crippen LogP contribution in [0.1, 0.15) is 18.4 Å². The number of aliphatic hydroxyl groups is 1. The quantitative estimate of drug-likeness (QED) is 0.852. The van der Waals surface area contributed by atoms with Gasteiger partial charge in [0.15, 0.2) is 5.82 Å². The summed E-state index contributed by atoms with van der Waals surface area (Å²) < 4.78 is 51.9. The van der Waals surface area contributed by atoms with Gasteiger partial charge in [-0.05, 0) is 37.1 Å². The van der Waals surface area contributed by atoms with Gasteiger partial charge >= 0.3 is 6.18 Å². The Morgan fingerprint density at radius 2 is 2.00 bits per heavy atom. The summed E-state index contributed by atoms with van der Waals surface area (Å²) in [5, 5.41) is 9.73. The molecule has 2 aromatic rings. The molecule has 1 unspecified atom stereocenters. The fraction of sp³-hybridized carbons (Fsp3) is 0.375. The van der Waals surface area contributed by atoms with Crippen molar-refractivity contribution in [3.63, 3.8) is 0 Å². The summed E-state index contributed by atoms with van der Waals surface area (Å²) in [6.45, 7) is 1.11. The van der Waals surface area contributed by atoms with E-state index in [0.29, 0.717) is 31.4 Å². The summed E-state index contributed by atoms with van der Waals surface area (Å²) in [5.74, 6) is -0.726. The van der Waals surface area contributed by atoms with Crippen molar-refractivity contribution >= 4 is 5.82 Å². The predicted octanol–water partition coefficient (Wildman–Crippen LogP) is 3.26. The number of piperidine rings is 1. The number of hydrogen-bond acceptors (Lipinski definition) is 4. The molecule has 0 saturated carbocycles. The number of hydrogen-bond donors (Lipinski definition) is 1. The summed E-state index contributed by atoms with van der Waals surface area (Å²) >= 11 is 0. The highest BCUT2D eigenvalue weighted by molar-refractivity contribution is 5.59. The maximum atomic E-state index is 13.4. The maximum Gasteiger partial charge on any atom is 0.419 e. The lowest BCUT2D eigenvalue weighted by atomic mass is 10.1. The first-order chi connectivity index (χ1) is 11.3. The zero-order chi connectivity index (χ0) is 17.3. The third kappa shape index (κ3) is 3.48. The van der Waals surface area contributed by atoms with Gasteiger partial charge in [-0.25, -0.2) is 14.4 Å². The summed E-state index contributed by atoms with van der Waals surface area (Å²) in [5.41, 5.74) is -1.26. The fourth-order valence-corrected chi connectivity index (χ4v) is 2.71. The molecule has 128 valence electrons. The largest absolute Gasteiger partial charge is 0.419 e. The Kier molecular flexibility index (Phi) is 4.40. The van der Waals surface area contributed by atoms with Gasteiger partial charge in [-0.1, -0.05) is 0 Å². The molecule has 1 aromatic heterocycles. The van der Waals surface area contributed by atoms with Crippen LogP contribution < -0.4 is 4.90 Å². The third-order valence-corrected chi connectivity index (χ3v) is 3.89. The number of halogens is 4. The first kappa shape index (κ1) is 16.6. The Labute approximate surface area is 135 Å². The second-order valence-corrected chi connectivity index (χ2v) is 5.67. The first-order valence-corrected chi connectivity index (χ1v) is 7.48. The third-order valence-electron chi connectivity index (χ3n) is 3.89. The van der Waals surface area contributed by atoms with Crippen LogP contribution >= 0.6 is 0 Å². The second kappa shape index (κ2) is 6.35. The van der Waals surface area contributed by atoms with Crippen LogP contribution in [0.15, 0.2) is 30.5 Å². The second-order valence-electron chi connectivity index (χ2n) is 5.67. The smallest absolute Gasteiger partial charge is 0.391 e. The molecular weight excluding hydrogens is 326 g/mol. The number of nitrogens with zero attached hydrogens (tertiary/aromatic N) is 3. The molecular formula is C16H15F4N3O. The molecule has 2 heterocycles. The van der Waals surface area contributed by atoms with E-state index >= 15 is 0 Å². The van der Waals surface area contributed by atoms with E-state index < -0.39 is 23.7 Å². The van der Waals surface area contributed by atoms with Crippen molar-refractivity contribution in [2.24, 2.45) is 0 Å². The summed E-state index contributed by atoms with van der Waals surface area (Å²) in [6, 6.07) is 4.32. The van der Waals surface area contributed by atoms with Gasteiger partial charge in [0.2, 0.25) is 0 Å². The van der Waals surface area contributed by atoms with Crippen molar-refractivity contribution in [3.8, 4) is 11.4 Å². The van der Waals surface area contributed by atoms with E-state index in [1.165, 1.54) is 12.3 Å². The lowest BCUT2D eigenvalue weighted by Crippen LogP contribution is -2.38. The van der Waals surface area contributed by atoms with Gasteiger partial charge in [-0.15, -0.1) is 0 Å².